The van der Waals surface area contributed by atoms with E-state index in [4.69, 9.17) is 10.00 Å². The Hall–Kier alpha value is -1.44. The number of rotatable bonds is 7. The Morgan fingerprint density at radius 3 is 2.68 bits per heavy atom. The highest BCUT2D eigenvalue weighted by Gasteiger charge is 2.09. The molecular weight excluding hydrogens is 243 g/mol. The third kappa shape index (κ3) is 5.82. The van der Waals surface area contributed by atoms with Gasteiger partial charge in [0, 0.05) is 26.7 Å². The van der Waals surface area contributed by atoms with Gasteiger partial charge in [0.05, 0.1) is 18.2 Å². The summed E-state index contributed by atoms with van der Waals surface area (Å²) in [6, 6.07) is 6.46. The molecule has 104 valence electrons. The fraction of sp³-hybridized carbons (Fsp3) is 0.533. The zero-order valence-electron chi connectivity index (χ0n) is 11.8. The van der Waals surface area contributed by atoms with Crippen LogP contribution in [0.5, 0.6) is 0 Å². The molecule has 3 nitrogen and oxygen atoms in total. The summed E-state index contributed by atoms with van der Waals surface area (Å²) in [4.78, 5) is 2.21. The van der Waals surface area contributed by atoms with E-state index in [9.17, 15) is 4.39 Å². The van der Waals surface area contributed by atoms with E-state index in [-0.39, 0.29) is 5.82 Å². The number of ether oxygens (including phenoxy) is 1. The summed E-state index contributed by atoms with van der Waals surface area (Å²) in [5.41, 5.74) is 1.19. The molecule has 0 unspecified atom stereocenters. The zero-order valence-corrected chi connectivity index (χ0v) is 11.8. The van der Waals surface area contributed by atoms with Crippen LogP contribution < -0.4 is 0 Å². The Labute approximate surface area is 114 Å². The molecule has 0 aliphatic rings. The van der Waals surface area contributed by atoms with Gasteiger partial charge in [0.25, 0.3) is 0 Å². The van der Waals surface area contributed by atoms with Gasteiger partial charge in [-0.3, -0.25) is 4.90 Å². The molecule has 19 heavy (non-hydrogen) atoms. The molecule has 0 heterocycles. The van der Waals surface area contributed by atoms with Crippen LogP contribution >= 0.6 is 0 Å². The first-order chi connectivity index (χ1) is 9.05. The molecule has 1 aromatic rings. The van der Waals surface area contributed by atoms with Crippen molar-refractivity contribution in [2.75, 3.05) is 26.8 Å². The Balaban J connectivity index is 2.77. The van der Waals surface area contributed by atoms with Gasteiger partial charge in [-0.1, -0.05) is 13.8 Å². The van der Waals surface area contributed by atoms with Gasteiger partial charge in [0.2, 0.25) is 0 Å². The highest BCUT2D eigenvalue weighted by molar-refractivity contribution is 5.33. The van der Waals surface area contributed by atoms with Crippen LogP contribution in [0.15, 0.2) is 18.2 Å². The van der Waals surface area contributed by atoms with E-state index in [1.54, 1.807) is 13.2 Å². The number of methoxy groups -OCH3 is 1. The highest BCUT2D eigenvalue weighted by atomic mass is 19.1. The second-order valence-electron chi connectivity index (χ2n) is 5.08. The van der Waals surface area contributed by atoms with E-state index >= 15 is 0 Å². The SMILES string of the molecule is COCCN(Cc1cc(F)cc(C#N)c1)CC(C)C. The van der Waals surface area contributed by atoms with Gasteiger partial charge >= 0.3 is 0 Å². The zero-order chi connectivity index (χ0) is 14.3. The second kappa shape index (κ2) is 7.88. The molecular formula is C15H21FN2O. The van der Waals surface area contributed by atoms with Crippen molar-refractivity contribution in [1.29, 1.82) is 5.26 Å². The van der Waals surface area contributed by atoms with Crippen molar-refractivity contribution in [2.45, 2.75) is 20.4 Å². The lowest BCUT2D eigenvalue weighted by Gasteiger charge is -2.24. The third-order valence-corrected chi connectivity index (χ3v) is 2.73. The molecule has 0 aliphatic heterocycles. The predicted octanol–water partition coefficient (Wildman–Crippen LogP) is 2.80. The first kappa shape index (κ1) is 15.6. The molecule has 0 saturated carbocycles. The van der Waals surface area contributed by atoms with Gasteiger partial charge in [0.1, 0.15) is 5.82 Å². The minimum absolute atomic E-state index is 0.356. The van der Waals surface area contributed by atoms with Crippen molar-refractivity contribution in [3.05, 3.63) is 35.1 Å². The maximum Gasteiger partial charge on any atom is 0.124 e. The fourth-order valence-electron chi connectivity index (χ4n) is 2.04. The van der Waals surface area contributed by atoms with Crippen molar-refractivity contribution in [2.24, 2.45) is 5.92 Å². The Kier molecular flexibility index (Phi) is 6.48. The molecule has 0 amide bonds. The van der Waals surface area contributed by atoms with Gasteiger partial charge in [0.15, 0.2) is 0 Å². The van der Waals surface area contributed by atoms with Crippen LogP contribution in [0, 0.1) is 23.1 Å². The second-order valence-corrected chi connectivity index (χ2v) is 5.08. The number of hydrogen-bond donors (Lipinski definition) is 0. The van der Waals surface area contributed by atoms with E-state index in [2.05, 4.69) is 18.7 Å². The molecule has 0 aliphatic carbocycles. The maximum atomic E-state index is 13.4. The molecule has 0 spiro atoms. The molecule has 0 fully saturated rings. The van der Waals surface area contributed by atoms with E-state index in [1.165, 1.54) is 12.1 Å². The van der Waals surface area contributed by atoms with Gasteiger partial charge in [-0.05, 0) is 29.7 Å². The van der Waals surface area contributed by atoms with Crippen LogP contribution in [0.25, 0.3) is 0 Å². The van der Waals surface area contributed by atoms with E-state index in [0.717, 1.165) is 18.7 Å². The first-order valence-corrected chi connectivity index (χ1v) is 6.46. The van der Waals surface area contributed by atoms with Crippen molar-refractivity contribution in [1.82, 2.24) is 4.90 Å². The number of hydrogen-bond acceptors (Lipinski definition) is 3. The molecule has 1 rings (SSSR count). The normalized spacial score (nSPS) is 11.0. The Morgan fingerprint density at radius 1 is 1.37 bits per heavy atom. The largest absolute Gasteiger partial charge is 0.383 e. The van der Waals surface area contributed by atoms with Gasteiger partial charge in [-0.15, -0.1) is 0 Å². The fourth-order valence-corrected chi connectivity index (χ4v) is 2.04. The van der Waals surface area contributed by atoms with E-state index in [0.29, 0.717) is 24.6 Å². The molecule has 0 atom stereocenters. The average Bonchev–Trinajstić information content (AvgIpc) is 2.34. The minimum Gasteiger partial charge on any atom is -0.383 e. The van der Waals surface area contributed by atoms with E-state index < -0.39 is 0 Å². The van der Waals surface area contributed by atoms with Crippen molar-refractivity contribution in [3.8, 4) is 6.07 Å². The summed E-state index contributed by atoms with van der Waals surface area (Å²) in [6.07, 6.45) is 0. The van der Waals surface area contributed by atoms with E-state index in [1.807, 2.05) is 6.07 Å². The van der Waals surface area contributed by atoms with Crippen LogP contribution in [-0.4, -0.2) is 31.7 Å². The molecule has 1 aromatic carbocycles. The predicted molar refractivity (Wildman–Crippen MR) is 73.1 cm³/mol. The molecule has 0 aromatic heterocycles. The summed E-state index contributed by atoms with van der Waals surface area (Å²) >= 11 is 0. The lowest BCUT2D eigenvalue weighted by Crippen LogP contribution is -2.30. The van der Waals surface area contributed by atoms with Crippen molar-refractivity contribution >= 4 is 0 Å². The molecule has 0 radical (unpaired) electrons. The standard InChI is InChI=1S/C15H21FN2O/c1-12(2)10-18(4-5-19-3)11-14-6-13(9-17)7-15(16)8-14/h6-8,12H,4-5,10-11H2,1-3H3. The summed E-state index contributed by atoms with van der Waals surface area (Å²) in [7, 11) is 1.67. The van der Waals surface area contributed by atoms with Gasteiger partial charge < -0.3 is 4.74 Å². The van der Waals surface area contributed by atoms with Gasteiger partial charge in [-0.25, -0.2) is 4.39 Å². The lowest BCUT2D eigenvalue weighted by atomic mass is 10.1. The van der Waals surface area contributed by atoms with Crippen molar-refractivity contribution < 1.29 is 9.13 Å². The van der Waals surface area contributed by atoms with Gasteiger partial charge in [-0.2, -0.15) is 5.26 Å². The van der Waals surface area contributed by atoms with Crippen molar-refractivity contribution in [3.63, 3.8) is 0 Å². The maximum absolute atomic E-state index is 13.4. The number of benzene rings is 1. The topological polar surface area (TPSA) is 36.3 Å². The smallest absolute Gasteiger partial charge is 0.124 e. The monoisotopic (exact) mass is 264 g/mol. The summed E-state index contributed by atoms with van der Waals surface area (Å²) in [5.74, 6) is 0.172. The number of nitrogens with zero attached hydrogens (tertiary/aromatic N) is 2. The molecule has 4 heteroatoms. The highest BCUT2D eigenvalue weighted by Crippen LogP contribution is 2.12. The van der Waals surface area contributed by atoms with Crippen LogP contribution in [0.1, 0.15) is 25.0 Å². The third-order valence-electron chi connectivity index (χ3n) is 2.73. The first-order valence-electron chi connectivity index (χ1n) is 6.46. The molecule has 0 bridgehead atoms. The average molecular weight is 264 g/mol. The lowest BCUT2D eigenvalue weighted by molar-refractivity contribution is 0.136. The Morgan fingerprint density at radius 2 is 2.11 bits per heavy atom. The van der Waals surface area contributed by atoms with Crippen LogP contribution in [0.4, 0.5) is 4.39 Å². The summed E-state index contributed by atoms with van der Waals surface area (Å²) in [5, 5.41) is 8.86. The van der Waals surface area contributed by atoms with Crippen LogP contribution in [0.3, 0.4) is 0 Å². The number of halogens is 1. The summed E-state index contributed by atoms with van der Waals surface area (Å²) < 4.78 is 18.5. The number of nitriles is 1. The quantitative estimate of drug-likeness (QED) is 0.759. The van der Waals surface area contributed by atoms with Crippen LogP contribution in [0.2, 0.25) is 0 Å². The molecule has 0 saturated heterocycles. The Bertz CT molecular complexity index is 440. The molecule has 0 N–H and O–H groups in total. The minimum atomic E-state index is -0.356. The van der Waals surface area contributed by atoms with Crippen LogP contribution in [-0.2, 0) is 11.3 Å². The summed E-state index contributed by atoms with van der Waals surface area (Å²) in [6.45, 7) is 7.29.